The second kappa shape index (κ2) is 8.21. The molecule has 2 aromatic rings. The Morgan fingerprint density at radius 2 is 1.96 bits per heavy atom. The molecule has 3 N–H and O–H groups in total. The van der Waals surface area contributed by atoms with Crippen molar-refractivity contribution < 1.29 is 9.90 Å². The SMILES string of the molecule is CC(O)CC(C)(C)CNC(=O)NCc1nnc(-c2ccccc2)s1. The number of benzene rings is 1. The summed E-state index contributed by atoms with van der Waals surface area (Å²) in [5, 5.41) is 24.9. The Balaban J connectivity index is 1.79. The highest BCUT2D eigenvalue weighted by molar-refractivity contribution is 7.14. The molecule has 0 aliphatic carbocycles. The molecule has 1 heterocycles. The highest BCUT2D eigenvalue weighted by Crippen LogP contribution is 2.23. The molecule has 1 aromatic heterocycles. The summed E-state index contributed by atoms with van der Waals surface area (Å²) >= 11 is 1.46. The summed E-state index contributed by atoms with van der Waals surface area (Å²) < 4.78 is 0. The molecular formula is C17H24N4O2S. The van der Waals surface area contributed by atoms with Crippen LogP contribution in [0.2, 0.25) is 0 Å². The maximum absolute atomic E-state index is 11.9. The average molecular weight is 348 g/mol. The molecule has 0 fully saturated rings. The van der Waals surface area contributed by atoms with Crippen molar-refractivity contribution in [3.8, 4) is 10.6 Å². The molecule has 6 nitrogen and oxygen atoms in total. The van der Waals surface area contributed by atoms with Crippen LogP contribution in [-0.2, 0) is 6.54 Å². The lowest BCUT2D eigenvalue weighted by atomic mass is 9.87. The van der Waals surface area contributed by atoms with E-state index in [0.29, 0.717) is 19.5 Å². The first-order valence-electron chi connectivity index (χ1n) is 7.93. The quantitative estimate of drug-likeness (QED) is 0.718. The second-order valence-corrected chi connectivity index (χ2v) is 7.68. The van der Waals surface area contributed by atoms with Crippen LogP contribution in [0.15, 0.2) is 30.3 Å². The van der Waals surface area contributed by atoms with Gasteiger partial charge in [0.1, 0.15) is 10.0 Å². The van der Waals surface area contributed by atoms with Gasteiger partial charge in [0.05, 0.1) is 12.6 Å². The second-order valence-electron chi connectivity index (χ2n) is 6.62. The summed E-state index contributed by atoms with van der Waals surface area (Å²) in [5.74, 6) is 0. The average Bonchev–Trinajstić information content (AvgIpc) is 3.00. The van der Waals surface area contributed by atoms with E-state index in [1.165, 1.54) is 11.3 Å². The van der Waals surface area contributed by atoms with E-state index in [4.69, 9.17) is 0 Å². The van der Waals surface area contributed by atoms with E-state index in [9.17, 15) is 9.90 Å². The van der Waals surface area contributed by atoms with Gasteiger partial charge in [-0.1, -0.05) is 55.5 Å². The molecule has 2 amide bonds. The van der Waals surface area contributed by atoms with Gasteiger partial charge in [-0.15, -0.1) is 10.2 Å². The number of hydrogen-bond acceptors (Lipinski definition) is 5. The number of hydrogen-bond donors (Lipinski definition) is 3. The zero-order chi connectivity index (χ0) is 17.6. The Bertz CT molecular complexity index is 656. The predicted octanol–water partition coefficient (Wildman–Crippen LogP) is 2.80. The number of urea groups is 1. The maximum Gasteiger partial charge on any atom is 0.315 e. The smallest absolute Gasteiger partial charge is 0.315 e. The number of rotatable bonds is 7. The van der Waals surface area contributed by atoms with Crippen LogP contribution < -0.4 is 10.6 Å². The van der Waals surface area contributed by atoms with Gasteiger partial charge in [-0.05, 0) is 18.8 Å². The van der Waals surface area contributed by atoms with Gasteiger partial charge < -0.3 is 15.7 Å². The lowest BCUT2D eigenvalue weighted by molar-refractivity contribution is 0.129. The molecule has 1 atom stereocenters. The van der Waals surface area contributed by atoms with E-state index in [1.807, 2.05) is 44.2 Å². The summed E-state index contributed by atoms with van der Waals surface area (Å²) in [6.45, 7) is 6.61. The fourth-order valence-corrected chi connectivity index (χ4v) is 3.22. The van der Waals surface area contributed by atoms with Gasteiger partial charge in [-0.3, -0.25) is 0 Å². The number of nitrogens with one attached hydrogen (secondary N) is 2. The van der Waals surface area contributed by atoms with Crippen molar-refractivity contribution in [3.63, 3.8) is 0 Å². The van der Waals surface area contributed by atoms with Crippen LogP contribution in [0.5, 0.6) is 0 Å². The Kier molecular flexibility index (Phi) is 6.28. The fourth-order valence-electron chi connectivity index (χ4n) is 2.43. The van der Waals surface area contributed by atoms with E-state index in [-0.39, 0.29) is 17.6 Å². The minimum atomic E-state index is -0.386. The molecular weight excluding hydrogens is 324 g/mol. The third-order valence-corrected chi connectivity index (χ3v) is 4.44. The first kappa shape index (κ1) is 18.4. The topological polar surface area (TPSA) is 87.1 Å². The van der Waals surface area contributed by atoms with E-state index >= 15 is 0 Å². The van der Waals surface area contributed by atoms with Crippen molar-refractivity contribution in [3.05, 3.63) is 35.3 Å². The standard InChI is InChI=1S/C17H24N4O2S/c1-12(22)9-17(2,3)11-19-16(23)18-10-14-20-21-15(24-14)13-7-5-4-6-8-13/h4-8,12,22H,9-11H2,1-3H3,(H2,18,19,23). The predicted molar refractivity (Wildman–Crippen MR) is 95.7 cm³/mol. The zero-order valence-electron chi connectivity index (χ0n) is 14.2. The monoisotopic (exact) mass is 348 g/mol. The van der Waals surface area contributed by atoms with Gasteiger partial charge >= 0.3 is 6.03 Å². The Labute approximate surface area is 146 Å². The third-order valence-electron chi connectivity index (χ3n) is 3.46. The molecule has 0 aliphatic heterocycles. The molecule has 1 aromatic carbocycles. The molecule has 1 unspecified atom stereocenters. The number of carbonyl (C=O) groups excluding carboxylic acids is 1. The van der Waals surface area contributed by atoms with E-state index in [0.717, 1.165) is 15.6 Å². The van der Waals surface area contributed by atoms with E-state index in [1.54, 1.807) is 6.92 Å². The highest BCUT2D eigenvalue weighted by Gasteiger charge is 2.21. The Morgan fingerprint density at radius 1 is 1.25 bits per heavy atom. The minimum Gasteiger partial charge on any atom is -0.393 e. The summed E-state index contributed by atoms with van der Waals surface area (Å²) in [7, 11) is 0. The molecule has 0 spiro atoms. The van der Waals surface area contributed by atoms with E-state index in [2.05, 4.69) is 20.8 Å². The van der Waals surface area contributed by atoms with Crippen LogP contribution in [0.1, 0.15) is 32.2 Å². The molecule has 2 rings (SSSR count). The number of nitrogens with zero attached hydrogens (tertiary/aromatic N) is 2. The van der Waals surface area contributed by atoms with Crippen LogP contribution in [0.4, 0.5) is 4.79 Å². The normalized spacial score (nSPS) is 12.7. The van der Waals surface area contributed by atoms with Crippen molar-refractivity contribution >= 4 is 17.4 Å². The molecule has 0 aliphatic rings. The highest BCUT2D eigenvalue weighted by atomic mass is 32.1. The van der Waals surface area contributed by atoms with Crippen molar-refractivity contribution in [2.75, 3.05) is 6.54 Å². The number of carbonyl (C=O) groups is 1. The van der Waals surface area contributed by atoms with E-state index < -0.39 is 0 Å². The van der Waals surface area contributed by atoms with Crippen LogP contribution in [0.3, 0.4) is 0 Å². The number of aliphatic hydroxyl groups is 1. The third kappa shape index (κ3) is 5.90. The molecule has 0 saturated heterocycles. The van der Waals surface area contributed by atoms with Crippen LogP contribution in [-0.4, -0.2) is 34.0 Å². The van der Waals surface area contributed by atoms with Crippen molar-refractivity contribution in [1.82, 2.24) is 20.8 Å². The molecule has 7 heteroatoms. The first-order valence-corrected chi connectivity index (χ1v) is 8.75. The molecule has 24 heavy (non-hydrogen) atoms. The van der Waals surface area contributed by atoms with Gasteiger partial charge in [-0.25, -0.2) is 4.79 Å². The number of amides is 2. The van der Waals surface area contributed by atoms with Gasteiger partial charge in [0.2, 0.25) is 0 Å². The lowest BCUT2D eigenvalue weighted by Gasteiger charge is -2.26. The largest absolute Gasteiger partial charge is 0.393 e. The summed E-state index contributed by atoms with van der Waals surface area (Å²) in [4.78, 5) is 11.9. The summed E-state index contributed by atoms with van der Waals surface area (Å²) in [6.07, 6.45) is 0.243. The molecule has 130 valence electrons. The lowest BCUT2D eigenvalue weighted by Crippen LogP contribution is -2.41. The minimum absolute atomic E-state index is 0.158. The van der Waals surface area contributed by atoms with Crippen molar-refractivity contribution in [2.24, 2.45) is 5.41 Å². The Morgan fingerprint density at radius 3 is 2.62 bits per heavy atom. The van der Waals surface area contributed by atoms with Crippen LogP contribution in [0, 0.1) is 5.41 Å². The van der Waals surface area contributed by atoms with Crippen molar-refractivity contribution in [1.29, 1.82) is 0 Å². The molecule has 0 saturated carbocycles. The fraction of sp³-hybridized carbons (Fsp3) is 0.471. The zero-order valence-corrected chi connectivity index (χ0v) is 15.1. The van der Waals surface area contributed by atoms with Gasteiger partial charge in [0, 0.05) is 12.1 Å². The first-order chi connectivity index (χ1) is 11.4. The molecule has 0 bridgehead atoms. The maximum atomic E-state index is 11.9. The number of aromatic nitrogens is 2. The van der Waals surface area contributed by atoms with Gasteiger partial charge in [-0.2, -0.15) is 0 Å². The summed E-state index contributed by atoms with van der Waals surface area (Å²) in [6, 6.07) is 9.58. The van der Waals surface area contributed by atoms with Crippen LogP contribution in [0.25, 0.3) is 10.6 Å². The van der Waals surface area contributed by atoms with Crippen LogP contribution >= 0.6 is 11.3 Å². The number of aliphatic hydroxyl groups excluding tert-OH is 1. The summed E-state index contributed by atoms with van der Waals surface area (Å²) in [5.41, 5.74) is 0.861. The van der Waals surface area contributed by atoms with Gasteiger partial charge in [0.15, 0.2) is 0 Å². The Hall–Kier alpha value is -1.99. The molecule has 0 radical (unpaired) electrons. The van der Waals surface area contributed by atoms with Crippen molar-refractivity contribution in [2.45, 2.75) is 39.8 Å². The van der Waals surface area contributed by atoms with Gasteiger partial charge in [0.25, 0.3) is 0 Å².